The lowest BCUT2D eigenvalue weighted by Gasteiger charge is -2.29. The number of morpholine rings is 1. The van der Waals surface area contributed by atoms with E-state index in [0.717, 1.165) is 34.6 Å². The molecule has 2 aromatic heterocycles. The molecule has 28 heavy (non-hydrogen) atoms. The third kappa shape index (κ3) is 4.23. The lowest BCUT2D eigenvalue weighted by Crippen LogP contribution is -2.37. The molecule has 8 heteroatoms. The molecule has 144 valence electrons. The van der Waals surface area contributed by atoms with E-state index in [2.05, 4.69) is 36.2 Å². The third-order valence-corrected chi connectivity index (χ3v) is 5.08. The fourth-order valence-corrected chi connectivity index (χ4v) is 3.35. The average molecular weight is 442 g/mol. The molecule has 0 aliphatic carbocycles. The Morgan fingerprint density at radius 1 is 1.18 bits per heavy atom. The van der Waals surface area contributed by atoms with Gasteiger partial charge < -0.3 is 15.0 Å². The molecule has 0 saturated carbocycles. The van der Waals surface area contributed by atoms with Crippen LogP contribution in [0.3, 0.4) is 0 Å². The predicted octanol–water partition coefficient (Wildman–Crippen LogP) is 2.80. The van der Waals surface area contributed by atoms with Crippen LogP contribution in [0.4, 0.5) is 5.82 Å². The lowest BCUT2D eigenvalue weighted by molar-refractivity contribution is 0.0950. The first-order chi connectivity index (χ1) is 13.7. The van der Waals surface area contributed by atoms with Crippen molar-refractivity contribution in [2.75, 3.05) is 31.2 Å². The summed E-state index contributed by atoms with van der Waals surface area (Å²) in [4.78, 5) is 19.3. The van der Waals surface area contributed by atoms with E-state index in [1.807, 2.05) is 36.4 Å². The molecular formula is C20H20BrN5O2. The fraction of sp³-hybridized carbons (Fsp3) is 0.250. The van der Waals surface area contributed by atoms with Crippen LogP contribution in [0.15, 0.2) is 59.5 Å². The summed E-state index contributed by atoms with van der Waals surface area (Å²) in [5.41, 5.74) is 2.39. The molecule has 0 radical (unpaired) electrons. The Labute approximate surface area is 171 Å². The molecule has 3 aromatic rings. The predicted molar refractivity (Wildman–Crippen MR) is 110 cm³/mol. The minimum absolute atomic E-state index is 0.167. The zero-order chi connectivity index (χ0) is 19.3. The van der Waals surface area contributed by atoms with E-state index in [-0.39, 0.29) is 5.91 Å². The zero-order valence-electron chi connectivity index (χ0n) is 15.2. The Morgan fingerprint density at radius 2 is 1.96 bits per heavy atom. The molecule has 1 aliphatic heterocycles. The summed E-state index contributed by atoms with van der Waals surface area (Å²) in [5, 5.41) is 7.26. The third-order valence-electron chi connectivity index (χ3n) is 4.55. The quantitative estimate of drug-likeness (QED) is 0.658. The Bertz CT molecular complexity index is 951. The number of hydrogen-bond donors (Lipinski definition) is 1. The minimum atomic E-state index is -0.167. The summed E-state index contributed by atoms with van der Waals surface area (Å²) >= 11 is 3.41. The Kier molecular flexibility index (Phi) is 5.68. The van der Waals surface area contributed by atoms with E-state index in [1.54, 1.807) is 23.3 Å². The number of anilines is 1. The van der Waals surface area contributed by atoms with Gasteiger partial charge in [-0.1, -0.05) is 22.0 Å². The van der Waals surface area contributed by atoms with Crippen LogP contribution in [0.1, 0.15) is 15.9 Å². The van der Waals surface area contributed by atoms with E-state index in [0.29, 0.717) is 25.3 Å². The van der Waals surface area contributed by atoms with Gasteiger partial charge in [-0.15, -0.1) is 0 Å². The minimum Gasteiger partial charge on any atom is -0.378 e. The molecule has 0 unspecified atom stereocenters. The molecule has 7 nitrogen and oxygen atoms in total. The normalized spacial score (nSPS) is 14.1. The molecule has 1 fully saturated rings. The largest absolute Gasteiger partial charge is 0.378 e. The van der Waals surface area contributed by atoms with Gasteiger partial charge in [-0.25, -0.2) is 9.67 Å². The number of hydrogen-bond acceptors (Lipinski definition) is 5. The van der Waals surface area contributed by atoms with Crippen LogP contribution >= 0.6 is 15.9 Å². The molecule has 4 rings (SSSR count). The number of nitrogens with zero attached hydrogens (tertiary/aromatic N) is 4. The van der Waals surface area contributed by atoms with E-state index >= 15 is 0 Å². The number of amides is 1. The molecule has 1 saturated heterocycles. The average Bonchev–Trinajstić information content (AvgIpc) is 3.24. The van der Waals surface area contributed by atoms with Crippen LogP contribution in [0, 0.1) is 0 Å². The summed E-state index contributed by atoms with van der Waals surface area (Å²) in [6.45, 7) is 3.40. The van der Waals surface area contributed by atoms with Crippen molar-refractivity contribution in [2.45, 2.75) is 6.54 Å². The first kappa shape index (κ1) is 18.6. The highest BCUT2D eigenvalue weighted by atomic mass is 79.9. The summed E-state index contributed by atoms with van der Waals surface area (Å²) in [6, 6.07) is 11.6. The number of rotatable bonds is 5. The number of pyridine rings is 1. The summed E-state index contributed by atoms with van der Waals surface area (Å²) < 4.78 is 8.09. The van der Waals surface area contributed by atoms with Crippen LogP contribution < -0.4 is 10.2 Å². The molecule has 1 aromatic carbocycles. The topological polar surface area (TPSA) is 72.3 Å². The van der Waals surface area contributed by atoms with Gasteiger partial charge in [0.25, 0.3) is 5.91 Å². The molecule has 1 aliphatic rings. The monoisotopic (exact) mass is 441 g/mol. The van der Waals surface area contributed by atoms with E-state index in [4.69, 9.17) is 4.74 Å². The van der Waals surface area contributed by atoms with E-state index in [9.17, 15) is 4.79 Å². The molecule has 0 bridgehead atoms. The van der Waals surface area contributed by atoms with Crippen molar-refractivity contribution in [3.63, 3.8) is 0 Å². The highest BCUT2D eigenvalue weighted by Gasteiger charge is 2.17. The highest BCUT2D eigenvalue weighted by molar-refractivity contribution is 9.10. The maximum Gasteiger partial charge on any atom is 0.254 e. The molecule has 0 spiro atoms. The number of benzene rings is 1. The first-order valence-electron chi connectivity index (χ1n) is 9.06. The van der Waals surface area contributed by atoms with Gasteiger partial charge in [-0.3, -0.25) is 4.79 Å². The van der Waals surface area contributed by atoms with Crippen molar-refractivity contribution in [1.82, 2.24) is 20.1 Å². The second kappa shape index (κ2) is 8.53. The second-order valence-electron chi connectivity index (χ2n) is 6.42. The van der Waals surface area contributed by atoms with Crippen LogP contribution in [0.25, 0.3) is 5.69 Å². The summed E-state index contributed by atoms with van der Waals surface area (Å²) in [7, 11) is 0. The zero-order valence-corrected chi connectivity index (χ0v) is 16.8. The standard InChI is InChI=1S/C20H20BrN5O2/c21-17-3-5-18(6-4-17)26-14-16(13-24-26)20(27)23-12-15-2-1-7-22-19(15)25-8-10-28-11-9-25/h1-7,13-14H,8-12H2,(H,23,27). The van der Waals surface area contributed by atoms with Crippen molar-refractivity contribution in [1.29, 1.82) is 0 Å². The maximum atomic E-state index is 12.6. The smallest absolute Gasteiger partial charge is 0.254 e. The van der Waals surface area contributed by atoms with Crippen molar-refractivity contribution in [3.8, 4) is 5.69 Å². The van der Waals surface area contributed by atoms with Crippen LogP contribution in [-0.4, -0.2) is 47.0 Å². The van der Waals surface area contributed by atoms with Gasteiger partial charge in [0.2, 0.25) is 0 Å². The van der Waals surface area contributed by atoms with Crippen LogP contribution in [0.2, 0.25) is 0 Å². The van der Waals surface area contributed by atoms with E-state index in [1.165, 1.54) is 0 Å². The Hall–Kier alpha value is -2.71. The van der Waals surface area contributed by atoms with E-state index < -0.39 is 0 Å². The number of carbonyl (C=O) groups excluding carboxylic acids is 1. The lowest BCUT2D eigenvalue weighted by atomic mass is 10.2. The molecule has 3 heterocycles. The van der Waals surface area contributed by atoms with Gasteiger partial charge in [0.05, 0.1) is 30.7 Å². The van der Waals surface area contributed by atoms with Gasteiger partial charge in [-0.2, -0.15) is 5.10 Å². The second-order valence-corrected chi connectivity index (χ2v) is 7.33. The van der Waals surface area contributed by atoms with Crippen molar-refractivity contribution in [3.05, 3.63) is 70.6 Å². The van der Waals surface area contributed by atoms with Crippen molar-refractivity contribution < 1.29 is 9.53 Å². The number of nitrogens with one attached hydrogen (secondary N) is 1. The Balaban J connectivity index is 1.43. The fourth-order valence-electron chi connectivity index (χ4n) is 3.08. The molecule has 1 amide bonds. The van der Waals surface area contributed by atoms with Crippen molar-refractivity contribution in [2.24, 2.45) is 0 Å². The van der Waals surface area contributed by atoms with Gasteiger partial charge in [0, 0.05) is 42.1 Å². The number of aromatic nitrogens is 3. The van der Waals surface area contributed by atoms with Gasteiger partial charge in [0.1, 0.15) is 5.82 Å². The van der Waals surface area contributed by atoms with Gasteiger partial charge in [-0.05, 0) is 30.3 Å². The van der Waals surface area contributed by atoms with Gasteiger partial charge >= 0.3 is 0 Å². The molecule has 0 atom stereocenters. The Morgan fingerprint density at radius 3 is 2.75 bits per heavy atom. The molecular weight excluding hydrogens is 422 g/mol. The number of ether oxygens (including phenoxy) is 1. The SMILES string of the molecule is O=C(NCc1cccnc1N1CCOCC1)c1cnn(-c2ccc(Br)cc2)c1. The number of carbonyl (C=O) groups is 1. The van der Waals surface area contributed by atoms with Crippen LogP contribution in [-0.2, 0) is 11.3 Å². The molecule has 1 N–H and O–H groups in total. The summed E-state index contributed by atoms with van der Waals surface area (Å²) in [5.74, 6) is 0.733. The van der Waals surface area contributed by atoms with Gasteiger partial charge in [0.15, 0.2) is 0 Å². The number of halogens is 1. The van der Waals surface area contributed by atoms with Crippen LogP contribution in [0.5, 0.6) is 0 Å². The summed E-state index contributed by atoms with van der Waals surface area (Å²) in [6.07, 6.45) is 5.08. The van der Waals surface area contributed by atoms with Crippen molar-refractivity contribution >= 4 is 27.7 Å². The maximum absolute atomic E-state index is 12.6. The first-order valence-corrected chi connectivity index (χ1v) is 9.85. The highest BCUT2D eigenvalue weighted by Crippen LogP contribution is 2.18.